The fourth-order valence-corrected chi connectivity index (χ4v) is 4.16. The molecular weight excluding hydrogens is 359 g/mol. The highest BCUT2D eigenvalue weighted by molar-refractivity contribution is 9.10. The number of nitrogens with zero attached hydrogens (tertiary/aromatic N) is 1. The molecule has 0 heterocycles. The average molecular weight is 379 g/mol. The fourth-order valence-electron chi connectivity index (χ4n) is 2.12. The normalized spacial score (nSPS) is 15.7. The van der Waals surface area contributed by atoms with Crippen molar-refractivity contribution in [1.29, 1.82) is 0 Å². The summed E-state index contributed by atoms with van der Waals surface area (Å²) in [6.07, 6.45) is 2.10. The molecule has 21 heavy (non-hydrogen) atoms. The van der Waals surface area contributed by atoms with Gasteiger partial charge in [0.25, 0.3) is 0 Å². The number of hydrogen-bond acceptors (Lipinski definition) is 3. The van der Waals surface area contributed by atoms with Crippen LogP contribution in [0.2, 0.25) is 0 Å². The lowest BCUT2D eigenvalue weighted by Gasteiger charge is -2.18. The summed E-state index contributed by atoms with van der Waals surface area (Å²) in [5, 5.41) is 3.01. The molecule has 0 aliphatic heterocycles. The van der Waals surface area contributed by atoms with Crippen LogP contribution in [0.5, 0.6) is 0 Å². The third-order valence-electron chi connectivity index (χ3n) is 3.55. The topological polar surface area (TPSA) is 49.4 Å². The van der Waals surface area contributed by atoms with Gasteiger partial charge in [0.15, 0.2) is 0 Å². The predicted molar refractivity (Wildman–Crippen MR) is 84.0 cm³/mol. The van der Waals surface area contributed by atoms with E-state index in [0.717, 1.165) is 12.8 Å². The van der Waals surface area contributed by atoms with Gasteiger partial charge in [0.05, 0.1) is 0 Å². The summed E-state index contributed by atoms with van der Waals surface area (Å²) in [5.74, 6) is -0.247. The van der Waals surface area contributed by atoms with E-state index in [-0.39, 0.29) is 4.90 Å². The molecule has 0 spiro atoms. The van der Waals surface area contributed by atoms with E-state index in [1.165, 1.54) is 17.4 Å². The number of nitrogens with one attached hydrogen (secondary N) is 1. The van der Waals surface area contributed by atoms with Crippen LogP contribution in [0.15, 0.2) is 21.5 Å². The van der Waals surface area contributed by atoms with Crippen molar-refractivity contribution in [3.63, 3.8) is 0 Å². The molecule has 1 aliphatic carbocycles. The molecule has 1 aromatic carbocycles. The Bertz CT molecular complexity index is 618. The monoisotopic (exact) mass is 378 g/mol. The lowest BCUT2D eigenvalue weighted by atomic mass is 10.2. The minimum Gasteiger partial charge on any atom is -0.313 e. The van der Waals surface area contributed by atoms with Gasteiger partial charge in [0.1, 0.15) is 10.7 Å². The van der Waals surface area contributed by atoms with Gasteiger partial charge in [-0.2, -0.15) is 0 Å². The maximum atomic E-state index is 14.5. The van der Waals surface area contributed by atoms with E-state index in [1.807, 2.05) is 6.92 Å². The van der Waals surface area contributed by atoms with Crippen molar-refractivity contribution in [3.05, 3.63) is 28.0 Å². The highest BCUT2D eigenvalue weighted by atomic mass is 79.9. The highest BCUT2D eigenvalue weighted by Crippen LogP contribution is 2.32. The minimum absolute atomic E-state index is 0.257. The van der Waals surface area contributed by atoms with E-state index in [0.29, 0.717) is 35.6 Å². The first-order valence-corrected chi connectivity index (χ1v) is 9.24. The van der Waals surface area contributed by atoms with Crippen LogP contribution in [-0.2, 0) is 16.6 Å². The van der Waals surface area contributed by atoms with Gasteiger partial charge in [0, 0.05) is 30.2 Å². The molecule has 0 aromatic heterocycles. The molecule has 1 saturated carbocycles. The van der Waals surface area contributed by atoms with Crippen molar-refractivity contribution in [2.75, 3.05) is 20.1 Å². The molecule has 0 unspecified atom stereocenters. The molecule has 0 amide bonds. The van der Waals surface area contributed by atoms with Gasteiger partial charge in [-0.15, -0.1) is 0 Å². The van der Waals surface area contributed by atoms with Crippen molar-refractivity contribution in [2.24, 2.45) is 5.92 Å². The SMILES string of the molecule is CCNCc1cc(Br)cc(S(=O)(=O)N(C)CC2CC2)c1F. The highest BCUT2D eigenvalue weighted by Gasteiger charge is 2.31. The summed E-state index contributed by atoms with van der Waals surface area (Å²) in [6.45, 7) is 3.36. The Morgan fingerprint density at radius 3 is 2.67 bits per heavy atom. The van der Waals surface area contributed by atoms with Crippen LogP contribution >= 0.6 is 15.9 Å². The van der Waals surface area contributed by atoms with E-state index in [9.17, 15) is 12.8 Å². The zero-order valence-electron chi connectivity index (χ0n) is 12.2. The molecule has 118 valence electrons. The van der Waals surface area contributed by atoms with Crippen LogP contribution in [0.3, 0.4) is 0 Å². The van der Waals surface area contributed by atoms with E-state index < -0.39 is 15.8 Å². The molecule has 2 rings (SSSR count). The summed E-state index contributed by atoms with van der Waals surface area (Å²) in [5.41, 5.74) is 0.352. The van der Waals surface area contributed by atoms with Crippen molar-refractivity contribution in [3.8, 4) is 0 Å². The summed E-state index contributed by atoms with van der Waals surface area (Å²) < 4.78 is 41.4. The van der Waals surface area contributed by atoms with Gasteiger partial charge < -0.3 is 5.32 Å². The van der Waals surface area contributed by atoms with Crippen LogP contribution in [0.1, 0.15) is 25.3 Å². The van der Waals surface area contributed by atoms with Crippen molar-refractivity contribution in [2.45, 2.75) is 31.2 Å². The summed E-state index contributed by atoms with van der Waals surface area (Å²) in [7, 11) is -2.28. The van der Waals surface area contributed by atoms with E-state index >= 15 is 0 Å². The second-order valence-electron chi connectivity index (χ2n) is 5.39. The van der Waals surface area contributed by atoms with Gasteiger partial charge in [-0.3, -0.25) is 0 Å². The average Bonchev–Trinajstić information content (AvgIpc) is 3.23. The van der Waals surface area contributed by atoms with E-state index in [2.05, 4.69) is 21.2 Å². The first-order valence-electron chi connectivity index (χ1n) is 7.01. The van der Waals surface area contributed by atoms with Gasteiger partial charge >= 0.3 is 0 Å². The van der Waals surface area contributed by atoms with Crippen LogP contribution < -0.4 is 5.32 Å². The van der Waals surface area contributed by atoms with Gasteiger partial charge in [-0.1, -0.05) is 22.9 Å². The van der Waals surface area contributed by atoms with Crippen molar-refractivity contribution in [1.82, 2.24) is 9.62 Å². The number of hydrogen-bond donors (Lipinski definition) is 1. The van der Waals surface area contributed by atoms with Crippen molar-refractivity contribution < 1.29 is 12.8 Å². The van der Waals surface area contributed by atoms with Gasteiger partial charge in [-0.25, -0.2) is 17.1 Å². The third kappa shape index (κ3) is 4.03. The number of benzene rings is 1. The molecule has 0 radical (unpaired) electrons. The fraction of sp³-hybridized carbons (Fsp3) is 0.571. The molecule has 0 saturated heterocycles. The van der Waals surface area contributed by atoms with Crippen LogP contribution in [0, 0.1) is 11.7 Å². The Morgan fingerprint density at radius 1 is 1.43 bits per heavy atom. The third-order valence-corrected chi connectivity index (χ3v) is 5.83. The Morgan fingerprint density at radius 2 is 2.10 bits per heavy atom. The Labute approximate surface area is 133 Å². The predicted octanol–water partition coefficient (Wildman–Crippen LogP) is 2.73. The maximum absolute atomic E-state index is 14.5. The lowest BCUT2D eigenvalue weighted by molar-refractivity contribution is 0.446. The quantitative estimate of drug-likeness (QED) is 0.793. The molecule has 1 fully saturated rings. The van der Waals surface area contributed by atoms with Gasteiger partial charge in [0.2, 0.25) is 10.0 Å². The largest absolute Gasteiger partial charge is 0.313 e. The summed E-state index contributed by atoms with van der Waals surface area (Å²) in [4.78, 5) is -0.257. The van der Waals surface area contributed by atoms with Crippen molar-refractivity contribution >= 4 is 26.0 Å². The summed E-state index contributed by atoms with van der Waals surface area (Å²) >= 11 is 3.27. The van der Waals surface area contributed by atoms with Gasteiger partial charge in [-0.05, 0) is 37.4 Å². The first-order chi connectivity index (χ1) is 9.86. The van der Waals surface area contributed by atoms with Crippen LogP contribution in [-0.4, -0.2) is 32.9 Å². The Hall–Kier alpha value is -0.500. The zero-order valence-corrected chi connectivity index (χ0v) is 14.6. The zero-order chi connectivity index (χ0) is 15.6. The molecule has 1 N–H and O–H groups in total. The van der Waals surface area contributed by atoms with Crippen LogP contribution in [0.25, 0.3) is 0 Å². The molecule has 0 atom stereocenters. The van der Waals surface area contributed by atoms with E-state index in [4.69, 9.17) is 0 Å². The molecule has 0 bridgehead atoms. The molecular formula is C14H20BrFN2O2S. The second-order valence-corrected chi connectivity index (χ2v) is 8.32. The standard InChI is InChI=1S/C14H20BrFN2O2S/c1-3-17-8-11-6-12(15)7-13(14(11)16)21(19,20)18(2)9-10-4-5-10/h6-7,10,17H,3-5,8-9H2,1-2H3. The molecule has 7 heteroatoms. The number of halogens is 2. The summed E-state index contributed by atoms with van der Waals surface area (Å²) in [6, 6.07) is 2.95. The Balaban J connectivity index is 2.34. The number of sulfonamides is 1. The minimum atomic E-state index is -3.79. The first kappa shape index (κ1) is 16.9. The Kier molecular flexibility index (Phi) is 5.40. The molecule has 1 aliphatic rings. The van der Waals surface area contributed by atoms with Crippen LogP contribution in [0.4, 0.5) is 4.39 Å². The maximum Gasteiger partial charge on any atom is 0.245 e. The smallest absolute Gasteiger partial charge is 0.245 e. The molecule has 1 aromatic rings. The van der Waals surface area contributed by atoms with E-state index in [1.54, 1.807) is 6.07 Å². The molecule has 4 nitrogen and oxygen atoms in total. The second kappa shape index (κ2) is 6.73. The number of rotatable bonds is 7. The lowest BCUT2D eigenvalue weighted by Crippen LogP contribution is -2.30.